The molecule has 0 unspecified atom stereocenters. The van der Waals surface area contributed by atoms with Crippen LogP contribution in [-0.2, 0) is 9.53 Å². The summed E-state index contributed by atoms with van der Waals surface area (Å²) in [7, 11) is 1.33. The van der Waals surface area contributed by atoms with Gasteiger partial charge in [0.15, 0.2) is 0 Å². The van der Waals surface area contributed by atoms with E-state index in [2.05, 4.69) is 4.74 Å². The fourth-order valence-electron chi connectivity index (χ4n) is 1.17. The third-order valence-corrected chi connectivity index (χ3v) is 1.91. The van der Waals surface area contributed by atoms with Crippen LogP contribution in [0.4, 0.5) is 4.79 Å². The number of hydrogen-bond acceptors (Lipinski definition) is 3. The number of ether oxygens (including phenoxy) is 1. The van der Waals surface area contributed by atoms with Gasteiger partial charge in [-0.15, -0.1) is 0 Å². The number of rotatable bonds is 2. The standard InChI is InChI=1S/C7H11NO4/c1-12-6(9)2-5-3-8(4-5)7(10)11/h5H,2-4H2,1H3,(H,10,11). The lowest BCUT2D eigenvalue weighted by Gasteiger charge is -2.36. The number of methoxy groups -OCH3 is 1. The molecule has 0 atom stereocenters. The Bertz CT molecular complexity index is 198. The summed E-state index contributed by atoms with van der Waals surface area (Å²) < 4.78 is 4.45. The number of esters is 1. The highest BCUT2D eigenvalue weighted by Crippen LogP contribution is 2.18. The van der Waals surface area contributed by atoms with Gasteiger partial charge in [-0.1, -0.05) is 0 Å². The summed E-state index contributed by atoms with van der Waals surface area (Å²) in [5.41, 5.74) is 0. The van der Waals surface area contributed by atoms with Crippen molar-refractivity contribution >= 4 is 12.1 Å². The van der Waals surface area contributed by atoms with Crippen molar-refractivity contribution in [3.05, 3.63) is 0 Å². The molecule has 0 radical (unpaired) electrons. The quantitative estimate of drug-likeness (QED) is 0.604. The van der Waals surface area contributed by atoms with E-state index in [0.717, 1.165) is 0 Å². The molecule has 12 heavy (non-hydrogen) atoms. The van der Waals surface area contributed by atoms with Gasteiger partial charge in [-0.25, -0.2) is 4.79 Å². The number of nitrogens with zero attached hydrogens (tertiary/aromatic N) is 1. The molecule has 1 N–H and O–H groups in total. The Morgan fingerprint density at radius 1 is 1.58 bits per heavy atom. The summed E-state index contributed by atoms with van der Waals surface area (Å²) in [6.07, 6.45) is -0.601. The Morgan fingerprint density at radius 3 is 2.58 bits per heavy atom. The number of amides is 1. The van der Waals surface area contributed by atoms with E-state index in [1.807, 2.05) is 0 Å². The molecule has 0 spiro atoms. The third-order valence-electron chi connectivity index (χ3n) is 1.91. The zero-order valence-corrected chi connectivity index (χ0v) is 6.82. The molecule has 0 aromatic rings. The number of hydrogen-bond donors (Lipinski definition) is 1. The molecule has 0 aliphatic carbocycles. The molecule has 0 aromatic heterocycles. The summed E-state index contributed by atoms with van der Waals surface area (Å²) in [5, 5.41) is 8.45. The van der Waals surface area contributed by atoms with E-state index in [4.69, 9.17) is 5.11 Å². The van der Waals surface area contributed by atoms with E-state index >= 15 is 0 Å². The van der Waals surface area contributed by atoms with Crippen LogP contribution in [0.1, 0.15) is 6.42 Å². The summed E-state index contributed by atoms with van der Waals surface area (Å²) in [5.74, 6) is -0.126. The predicted octanol–water partition coefficient (Wildman–Crippen LogP) is 0.159. The lowest BCUT2D eigenvalue weighted by Crippen LogP contribution is -2.50. The highest BCUT2D eigenvalue weighted by Gasteiger charge is 2.31. The molecule has 0 aromatic carbocycles. The second kappa shape index (κ2) is 3.42. The molecule has 1 amide bonds. The van der Waals surface area contributed by atoms with Crippen LogP contribution < -0.4 is 0 Å². The molecule has 1 heterocycles. The highest BCUT2D eigenvalue weighted by atomic mass is 16.5. The van der Waals surface area contributed by atoms with Gasteiger partial charge >= 0.3 is 12.1 Å². The molecule has 1 fully saturated rings. The van der Waals surface area contributed by atoms with Crippen molar-refractivity contribution < 1.29 is 19.4 Å². The normalized spacial score (nSPS) is 16.9. The second-order valence-corrected chi connectivity index (χ2v) is 2.83. The summed E-state index contributed by atoms with van der Waals surface area (Å²) >= 11 is 0. The Hall–Kier alpha value is -1.26. The Kier molecular flexibility index (Phi) is 2.52. The minimum Gasteiger partial charge on any atom is -0.469 e. The smallest absolute Gasteiger partial charge is 0.407 e. The highest BCUT2D eigenvalue weighted by molar-refractivity contribution is 5.71. The first kappa shape index (κ1) is 8.83. The van der Waals surface area contributed by atoms with E-state index < -0.39 is 6.09 Å². The van der Waals surface area contributed by atoms with Gasteiger partial charge in [0.25, 0.3) is 0 Å². The molecule has 68 valence electrons. The molecule has 1 aliphatic heterocycles. The lowest BCUT2D eigenvalue weighted by molar-refractivity contribution is -0.142. The van der Waals surface area contributed by atoms with Crippen LogP contribution in [0.3, 0.4) is 0 Å². The average molecular weight is 173 g/mol. The zero-order valence-electron chi connectivity index (χ0n) is 6.82. The number of carbonyl (C=O) groups is 2. The van der Waals surface area contributed by atoms with Crippen LogP contribution in [0.25, 0.3) is 0 Å². The Labute approximate surface area is 69.9 Å². The first-order chi connectivity index (χ1) is 5.63. The Morgan fingerprint density at radius 2 is 2.17 bits per heavy atom. The van der Waals surface area contributed by atoms with Gasteiger partial charge in [-0.3, -0.25) is 4.79 Å². The third kappa shape index (κ3) is 1.87. The predicted molar refractivity (Wildman–Crippen MR) is 39.7 cm³/mol. The lowest BCUT2D eigenvalue weighted by atomic mass is 9.97. The van der Waals surface area contributed by atoms with E-state index in [0.29, 0.717) is 19.5 Å². The number of likely N-dealkylation sites (tertiary alicyclic amines) is 1. The molecular weight excluding hydrogens is 162 g/mol. The van der Waals surface area contributed by atoms with Gasteiger partial charge in [0, 0.05) is 19.0 Å². The van der Waals surface area contributed by atoms with Crippen molar-refractivity contribution in [3.8, 4) is 0 Å². The van der Waals surface area contributed by atoms with E-state index in [9.17, 15) is 9.59 Å². The maximum Gasteiger partial charge on any atom is 0.407 e. The van der Waals surface area contributed by atoms with Crippen LogP contribution >= 0.6 is 0 Å². The van der Waals surface area contributed by atoms with Crippen molar-refractivity contribution in [2.24, 2.45) is 5.92 Å². The van der Waals surface area contributed by atoms with Crippen LogP contribution in [0.5, 0.6) is 0 Å². The van der Waals surface area contributed by atoms with Gasteiger partial charge in [-0.05, 0) is 0 Å². The van der Waals surface area contributed by atoms with Gasteiger partial charge in [0.05, 0.1) is 13.5 Å². The summed E-state index contributed by atoms with van der Waals surface area (Å²) in [6.45, 7) is 0.898. The van der Waals surface area contributed by atoms with Crippen molar-refractivity contribution in [1.82, 2.24) is 4.90 Å². The monoisotopic (exact) mass is 173 g/mol. The fraction of sp³-hybridized carbons (Fsp3) is 0.714. The van der Waals surface area contributed by atoms with E-state index in [-0.39, 0.29) is 11.9 Å². The van der Waals surface area contributed by atoms with Gasteiger partial charge < -0.3 is 14.7 Å². The molecule has 0 bridgehead atoms. The first-order valence-electron chi connectivity index (χ1n) is 3.68. The molecule has 1 aliphatic rings. The first-order valence-corrected chi connectivity index (χ1v) is 3.68. The van der Waals surface area contributed by atoms with Crippen molar-refractivity contribution in [1.29, 1.82) is 0 Å². The molecule has 5 nitrogen and oxygen atoms in total. The van der Waals surface area contributed by atoms with Crippen LogP contribution in [0, 0.1) is 5.92 Å². The largest absolute Gasteiger partial charge is 0.469 e. The van der Waals surface area contributed by atoms with Crippen molar-refractivity contribution in [2.45, 2.75) is 6.42 Å². The zero-order chi connectivity index (χ0) is 9.14. The molecule has 1 saturated heterocycles. The van der Waals surface area contributed by atoms with Crippen LogP contribution in [-0.4, -0.2) is 42.3 Å². The number of carbonyl (C=O) groups excluding carboxylic acids is 1. The minimum absolute atomic E-state index is 0.147. The maximum atomic E-state index is 10.7. The molecule has 0 saturated carbocycles. The SMILES string of the molecule is COC(=O)CC1CN(C(=O)O)C1. The Balaban J connectivity index is 2.17. The topological polar surface area (TPSA) is 66.8 Å². The van der Waals surface area contributed by atoms with Gasteiger partial charge in [0.1, 0.15) is 0 Å². The van der Waals surface area contributed by atoms with E-state index in [1.54, 1.807) is 0 Å². The van der Waals surface area contributed by atoms with Crippen LogP contribution in [0.15, 0.2) is 0 Å². The molecular formula is C7H11NO4. The average Bonchev–Trinajstić information content (AvgIpc) is 1.94. The van der Waals surface area contributed by atoms with E-state index in [1.165, 1.54) is 12.0 Å². The van der Waals surface area contributed by atoms with Gasteiger partial charge in [0.2, 0.25) is 0 Å². The van der Waals surface area contributed by atoms with Crippen LogP contribution in [0.2, 0.25) is 0 Å². The molecule has 5 heteroatoms. The summed E-state index contributed by atoms with van der Waals surface area (Å²) in [6, 6.07) is 0. The minimum atomic E-state index is -0.920. The number of carboxylic acid groups (broad SMARTS) is 1. The van der Waals surface area contributed by atoms with Crippen molar-refractivity contribution in [2.75, 3.05) is 20.2 Å². The molecule has 1 rings (SSSR count). The van der Waals surface area contributed by atoms with Crippen molar-refractivity contribution in [3.63, 3.8) is 0 Å². The maximum absolute atomic E-state index is 10.7. The summed E-state index contributed by atoms with van der Waals surface area (Å²) in [4.78, 5) is 22.3. The fourth-order valence-corrected chi connectivity index (χ4v) is 1.17. The van der Waals surface area contributed by atoms with Gasteiger partial charge in [-0.2, -0.15) is 0 Å². The second-order valence-electron chi connectivity index (χ2n) is 2.83.